The second-order valence-corrected chi connectivity index (χ2v) is 9.17. The van der Waals surface area contributed by atoms with Crippen molar-refractivity contribution in [2.24, 2.45) is 0 Å². The number of methoxy groups -OCH3 is 1. The zero-order valence-corrected chi connectivity index (χ0v) is 20.1. The van der Waals surface area contributed by atoms with E-state index in [0.717, 1.165) is 22.6 Å². The molecule has 1 aliphatic heterocycles. The van der Waals surface area contributed by atoms with Crippen LogP contribution in [0.4, 0.5) is 0 Å². The largest absolute Gasteiger partial charge is 0.495 e. The van der Waals surface area contributed by atoms with Crippen LogP contribution in [0.1, 0.15) is 43.8 Å². The monoisotopic (exact) mass is 466 g/mol. The van der Waals surface area contributed by atoms with Crippen molar-refractivity contribution in [2.45, 2.75) is 39.3 Å². The lowest BCUT2D eigenvalue weighted by Crippen LogP contribution is -2.51. The summed E-state index contributed by atoms with van der Waals surface area (Å²) in [5.41, 5.74) is 2.78. The normalized spacial score (nSPS) is 17.7. The molecule has 0 unspecified atom stereocenters. The summed E-state index contributed by atoms with van der Waals surface area (Å²) in [4.78, 5) is 23.8. The molecule has 7 nitrogen and oxygen atoms in total. The van der Waals surface area contributed by atoms with E-state index >= 15 is 0 Å². The van der Waals surface area contributed by atoms with Crippen LogP contribution in [0.5, 0.6) is 5.75 Å². The molecule has 8 heteroatoms. The first-order chi connectivity index (χ1) is 15.7. The third kappa shape index (κ3) is 4.88. The Morgan fingerprint density at radius 1 is 1.24 bits per heavy atom. The van der Waals surface area contributed by atoms with Gasteiger partial charge in [-0.3, -0.25) is 9.78 Å². The lowest BCUT2D eigenvalue weighted by molar-refractivity contribution is -0.149. The van der Waals surface area contributed by atoms with Crippen LogP contribution in [0.15, 0.2) is 54.8 Å². The van der Waals surface area contributed by atoms with Gasteiger partial charge in [0, 0.05) is 12.4 Å². The fraction of sp³-hybridized carbons (Fsp3) is 0.320. The predicted molar refractivity (Wildman–Crippen MR) is 127 cm³/mol. The van der Waals surface area contributed by atoms with Crippen LogP contribution in [0, 0.1) is 6.92 Å². The van der Waals surface area contributed by atoms with Gasteiger partial charge in [-0.15, -0.1) is 0 Å². The van der Waals surface area contributed by atoms with Crippen molar-refractivity contribution in [3.05, 3.63) is 76.8 Å². The van der Waals surface area contributed by atoms with Gasteiger partial charge in [-0.25, -0.2) is 4.98 Å². The van der Waals surface area contributed by atoms with Crippen LogP contribution in [0.3, 0.4) is 0 Å². The Bertz CT molecular complexity index is 1200. The summed E-state index contributed by atoms with van der Waals surface area (Å²) in [5, 5.41) is 0.559. The Hall–Kier alpha value is -3.32. The Kier molecular flexibility index (Phi) is 6.17. The van der Waals surface area contributed by atoms with Crippen LogP contribution < -0.4 is 4.74 Å². The minimum Gasteiger partial charge on any atom is -0.495 e. The maximum absolute atomic E-state index is 13.4. The number of rotatable bonds is 5. The zero-order valence-electron chi connectivity index (χ0n) is 19.4. The SMILES string of the molecule is COc1cc(/C=C2\OC(C)(C)CN([C@@H](C)c3ccc(Cl)cn3)C2=O)ccc1-n1cnc(C)c1. The van der Waals surface area contributed by atoms with Gasteiger partial charge < -0.3 is 18.9 Å². The highest BCUT2D eigenvalue weighted by Crippen LogP contribution is 2.33. The maximum atomic E-state index is 13.4. The van der Waals surface area contributed by atoms with Gasteiger partial charge in [-0.05, 0) is 63.6 Å². The van der Waals surface area contributed by atoms with Crippen molar-refractivity contribution in [2.75, 3.05) is 13.7 Å². The number of pyridine rings is 1. The molecule has 1 atom stereocenters. The number of nitrogens with zero attached hydrogens (tertiary/aromatic N) is 4. The number of morpholine rings is 1. The molecule has 3 aromatic rings. The molecule has 33 heavy (non-hydrogen) atoms. The number of imidazole rings is 1. The molecule has 172 valence electrons. The first-order valence-electron chi connectivity index (χ1n) is 10.7. The third-order valence-corrected chi connectivity index (χ3v) is 5.77. The lowest BCUT2D eigenvalue weighted by Gasteiger charge is -2.42. The summed E-state index contributed by atoms with van der Waals surface area (Å²) in [6.07, 6.45) is 7.02. The van der Waals surface area contributed by atoms with Crippen molar-refractivity contribution >= 4 is 23.6 Å². The molecule has 3 heterocycles. The van der Waals surface area contributed by atoms with Crippen molar-refractivity contribution in [1.29, 1.82) is 0 Å². The van der Waals surface area contributed by atoms with Crippen molar-refractivity contribution in [3.63, 3.8) is 0 Å². The van der Waals surface area contributed by atoms with Crippen molar-refractivity contribution < 1.29 is 14.3 Å². The van der Waals surface area contributed by atoms with E-state index in [-0.39, 0.29) is 17.7 Å². The van der Waals surface area contributed by atoms with E-state index < -0.39 is 5.60 Å². The smallest absolute Gasteiger partial charge is 0.289 e. The summed E-state index contributed by atoms with van der Waals surface area (Å²) >= 11 is 5.98. The van der Waals surface area contributed by atoms with Gasteiger partial charge in [0.25, 0.3) is 5.91 Å². The molecule has 0 N–H and O–H groups in total. The highest BCUT2D eigenvalue weighted by atomic mass is 35.5. The van der Waals surface area contributed by atoms with Crippen molar-refractivity contribution in [3.8, 4) is 11.4 Å². The Morgan fingerprint density at radius 3 is 2.67 bits per heavy atom. The van der Waals surface area contributed by atoms with Crippen LogP contribution in [-0.2, 0) is 9.53 Å². The standard InChI is InChI=1S/C25H27ClN4O3/c1-16-13-29(15-28-16)21-9-6-18(10-22(21)32-5)11-23-24(31)30(14-25(3,4)33-23)17(2)20-8-7-19(26)12-27-20/h6-13,15,17H,14H2,1-5H3/b23-11-/t17-/m0/s1. The molecule has 1 aromatic carbocycles. The van der Waals surface area contributed by atoms with Gasteiger partial charge in [0.2, 0.25) is 0 Å². The van der Waals surface area contributed by atoms with Crippen LogP contribution in [0.25, 0.3) is 11.8 Å². The lowest BCUT2D eigenvalue weighted by atomic mass is 10.0. The molecule has 1 saturated heterocycles. The highest BCUT2D eigenvalue weighted by molar-refractivity contribution is 6.30. The topological polar surface area (TPSA) is 69.5 Å². The molecule has 1 aliphatic rings. The second kappa shape index (κ2) is 8.90. The molecular weight excluding hydrogens is 440 g/mol. The number of halogens is 1. The summed E-state index contributed by atoms with van der Waals surface area (Å²) < 4.78 is 13.6. The molecule has 1 amide bonds. The number of benzene rings is 1. The Balaban J connectivity index is 1.66. The minimum atomic E-state index is -0.557. The van der Waals surface area contributed by atoms with Gasteiger partial charge >= 0.3 is 0 Å². The summed E-state index contributed by atoms with van der Waals surface area (Å²) in [6, 6.07) is 9.12. The van der Waals surface area contributed by atoms with Gasteiger partial charge in [0.1, 0.15) is 11.4 Å². The van der Waals surface area contributed by atoms with E-state index in [1.54, 1.807) is 36.7 Å². The van der Waals surface area contributed by atoms with Crippen LogP contribution in [0.2, 0.25) is 5.02 Å². The number of carbonyl (C=O) groups is 1. The molecule has 0 radical (unpaired) electrons. The minimum absolute atomic E-state index is 0.188. The quantitative estimate of drug-likeness (QED) is 0.496. The number of aromatic nitrogens is 3. The zero-order chi connectivity index (χ0) is 23.8. The summed E-state index contributed by atoms with van der Waals surface area (Å²) in [6.45, 7) is 8.26. The number of aryl methyl sites for hydroxylation is 1. The van der Waals surface area contributed by atoms with Gasteiger partial charge in [0.15, 0.2) is 5.76 Å². The molecular formula is C25H27ClN4O3. The fourth-order valence-electron chi connectivity index (χ4n) is 3.90. The Labute approximate surface area is 198 Å². The van der Waals surface area contributed by atoms with Crippen LogP contribution in [-0.4, -0.2) is 44.6 Å². The first kappa shape index (κ1) is 22.9. The second-order valence-electron chi connectivity index (χ2n) is 8.73. The highest BCUT2D eigenvalue weighted by Gasteiger charge is 2.39. The third-order valence-electron chi connectivity index (χ3n) is 5.55. The number of ether oxygens (including phenoxy) is 2. The molecule has 0 spiro atoms. The fourth-order valence-corrected chi connectivity index (χ4v) is 4.01. The van der Waals surface area contributed by atoms with Crippen LogP contribution >= 0.6 is 11.6 Å². The van der Waals surface area contributed by atoms with E-state index in [1.165, 1.54) is 0 Å². The van der Waals surface area contributed by atoms with Gasteiger partial charge in [-0.2, -0.15) is 0 Å². The number of hydrogen-bond donors (Lipinski definition) is 0. The summed E-state index contributed by atoms with van der Waals surface area (Å²) in [7, 11) is 1.62. The molecule has 0 aliphatic carbocycles. The number of carbonyl (C=O) groups excluding carboxylic acids is 1. The average molecular weight is 467 g/mol. The van der Waals surface area contributed by atoms with E-state index in [9.17, 15) is 4.79 Å². The van der Waals surface area contributed by atoms with E-state index in [2.05, 4.69) is 9.97 Å². The molecule has 1 fully saturated rings. The van der Waals surface area contributed by atoms with E-state index in [0.29, 0.717) is 17.3 Å². The van der Waals surface area contributed by atoms with Crippen molar-refractivity contribution in [1.82, 2.24) is 19.4 Å². The molecule has 2 aromatic heterocycles. The first-order valence-corrected chi connectivity index (χ1v) is 11.1. The number of amides is 1. The average Bonchev–Trinajstić information content (AvgIpc) is 3.21. The summed E-state index contributed by atoms with van der Waals surface area (Å²) in [5.74, 6) is 0.757. The predicted octanol–water partition coefficient (Wildman–Crippen LogP) is 4.98. The van der Waals surface area contributed by atoms with E-state index in [1.807, 2.05) is 62.7 Å². The van der Waals surface area contributed by atoms with Gasteiger partial charge in [0.05, 0.1) is 48.1 Å². The maximum Gasteiger partial charge on any atom is 0.289 e. The van der Waals surface area contributed by atoms with Gasteiger partial charge in [-0.1, -0.05) is 17.7 Å². The number of hydrogen-bond acceptors (Lipinski definition) is 5. The Morgan fingerprint density at radius 2 is 2.03 bits per heavy atom. The molecule has 0 saturated carbocycles. The van der Waals surface area contributed by atoms with E-state index in [4.69, 9.17) is 21.1 Å². The molecule has 0 bridgehead atoms. The molecule has 4 rings (SSSR count).